The maximum Gasteiger partial charge on any atom is 0.319 e. The number of hydrogen-bond acceptors (Lipinski definition) is 3. The second kappa shape index (κ2) is 9.22. The highest BCUT2D eigenvalue weighted by molar-refractivity contribution is 5.89. The first kappa shape index (κ1) is 19.7. The zero-order valence-electron chi connectivity index (χ0n) is 16.4. The SMILES string of the molecule is CC(NC(=O)CC(C)C1CCCNC1)c1ccc(NC(=O)NC2CC2)cc1. The van der Waals surface area contributed by atoms with Gasteiger partial charge in [0.1, 0.15) is 0 Å². The fraction of sp³-hybridized carbons (Fsp3) is 0.619. The normalized spacial score (nSPS) is 21.8. The minimum atomic E-state index is -0.155. The Kier molecular flexibility index (Phi) is 6.72. The molecule has 0 aromatic heterocycles. The van der Waals surface area contributed by atoms with Crippen LogP contribution < -0.4 is 21.3 Å². The molecular formula is C21H32N4O2. The van der Waals surface area contributed by atoms with Gasteiger partial charge in [-0.05, 0) is 75.2 Å². The number of benzene rings is 1. The van der Waals surface area contributed by atoms with E-state index in [1.807, 2.05) is 31.2 Å². The lowest BCUT2D eigenvalue weighted by Crippen LogP contribution is -2.36. The Labute approximate surface area is 161 Å². The summed E-state index contributed by atoms with van der Waals surface area (Å²) in [5.74, 6) is 1.08. The highest BCUT2D eigenvalue weighted by atomic mass is 16.2. The molecule has 0 bridgehead atoms. The van der Waals surface area contributed by atoms with E-state index in [2.05, 4.69) is 28.2 Å². The molecule has 1 saturated carbocycles. The molecule has 3 rings (SSSR count). The Hall–Kier alpha value is -2.08. The molecule has 1 heterocycles. The third-order valence-corrected chi connectivity index (χ3v) is 5.61. The maximum atomic E-state index is 12.4. The lowest BCUT2D eigenvalue weighted by molar-refractivity contribution is -0.123. The van der Waals surface area contributed by atoms with E-state index in [1.165, 1.54) is 12.8 Å². The number of amides is 3. The Morgan fingerprint density at radius 2 is 1.89 bits per heavy atom. The number of piperidine rings is 1. The van der Waals surface area contributed by atoms with Gasteiger partial charge in [-0.3, -0.25) is 4.79 Å². The van der Waals surface area contributed by atoms with Crippen molar-refractivity contribution in [2.75, 3.05) is 18.4 Å². The number of carbonyl (C=O) groups is 2. The number of nitrogens with one attached hydrogen (secondary N) is 4. The number of hydrogen-bond donors (Lipinski definition) is 4. The summed E-state index contributed by atoms with van der Waals surface area (Å²) in [7, 11) is 0. The van der Waals surface area contributed by atoms with Crippen LogP contribution >= 0.6 is 0 Å². The van der Waals surface area contributed by atoms with Crippen LogP contribution in [0.4, 0.5) is 10.5 Å². The molecule has 1 aliphatic heterocycles. The molecule has 2 aliphatic rings. The first-order chi connectivity index (χ1) is 13.0. The lowest BCUT2D eigenvalue weighted by atomic mass is 9.85. The quantitative estimate of drug-likeness (QED) is 0.593. The van der Waals surface area contributed by atoms with Crippen LogP contribution in [0.25, 0.3) is 0 Å². The van der Waals surface area contributed by atoms with Gasteiger partial charge in [-0.1, -0.05) is 19.1 Å². The molecule has 3 atom stereocenters. The monoisotopic (exact) mass is 372 g/mol. The summed E-state index contributed by atoms with van der Waals surface area (Å²) in [6, 6.07) is 7.78. The molecule has 6 nitrogen and oxygen atoms in total. The van der Waals surface area contributed by atoms with Gasteiger partial charge in [0.15, 0.2) is 0 Å². The summed E-state index contributed by atoms with van der Waals surface area (Å²) in [4.78, 5) is 24.2. The van der Waals surface area contributed by atoms with Crippen molar-refractivity contribution in [1.82, 2.24) is 16.0 Å². The summed E-state index contributed by atoms with van der Waals surface area (Å²) in [5.41, 5.74) is 1.79. The standard InChI is InChI=1S/C21H32N4O2/c1-14(17-4-3-11-22-13-17)12-20(26)23-15(2)16-5-7-18(8-6-16)24-21(27)25-19-9-10-19/h5-8,14-15,17,19,22H,3-4,9-13H2,1-2H3,(H,23,26)(H2,24,25,27). The van der Waals surface area contributed by atoms with E-state index in [1.54, 1.807) is 0 Å². The molecule has 1 aromatic rings. The van der Waals surface area contributed by atoms with E-state index in [-0.39, 0.29) is 18.0 Å². The second-order valence-electron chi connectivity index (χ2n) is 8.07. The van der Waals surface area contributed by atoms with Crippen molar-refractivity contribution in [1.29, 1.82) is 0 Å². The van der Waals surface area contributed by atoms with Crippen LogP contribution in [0.3, 0.4) is 0 Å². The van der Waals surface area contributed by atoms with Gasteiger partial charge < -0.3 is 21.3 Å². The predicted molar refractivity (Wildman–Crippen MR) is 108 cm³/mol. The largest absolute Gasteiger partial charge is 0.350 e. The summed E-state index contributed by atoms with van der Waals surface area (Å²) in [6.45, 7) is 6.29. The Morgan fingerprint density at radius 1 is 1.15 bits per heavy atom. The van der Waals surface area contributed by atoms with Crippen molar-refractivity contribution in [3.05, 3.63) is 29.8 Å². The molecule has 27 heavy (non-hydrogen) atoms. The maximum absolute atomic E-state index is 12.4. The van der Waals surface area contributed by atoms with E-state index in [0.717, 1.165) is 37.2 Å². The van der Waals surface area contributed by atoms with E-state index in [0.29, 0.717) is 24.3 Å². The molecule has 1 aromatic carbocycles. The van der Waals surface area contributed by atoms with Crippen molar-refractivity contribution in [3.63, 3.8) is 0 Å². The highest BCUT2D eigenvalue weighted by Gasteiger charge is 2.24. The fourth-order valence-corrected chi connectivity index (χ4v) is 3.64. The molecule has 1 aliphatic carbocycles. The zero-order valence-corrected chi connectivity index (χ0v) is 16.4. The summed E-state index contributed by atoms with van der Waals surface area (Å²) >= 11 is 0. The van der Waals surface area contributed by atoms with Gasteiger partial charge in [-0.2, -0.15) is 0 Å². The number of rotatable bonds is 7. The fourth-order valence-electron chi connectivity index (χ4n) is 3.64. The molecule has 3 amide bonds. The molecule has 0 spiro atoms. The van der Waals surface area contributed by atoms with E-state index in [4.69, 9.17) is 0 Å². The number of urea groups is 1. The van der Waals surface area contributed by atoms with Crippen molar-refractivity contribution in [2.45, 2.75) is 58.0 Å². The van der Waals surface area contributed by atoms with E-state index >= 15 is 0 Å². The van der Waals surface area contributed by atoms with Crippen molar-refractivity contribution in [2.24, 2.45) is 11.8 Å². The average molecular weight is 373 g/mol. The van der Waals surface area contributed by atoms with Gasteiger partial charge in [0.25, 0.3) is 0 Å². The molecule has 4 N–H and O–H groups in total. The minimum Gasteiger partial charge on any atom is -0.350 e. The number of anilines is 1. The van der Waals surface area contributed by atoms with Crippen LogP contribution in [-0.4, -0.2) is 31.1 Å². The van der Waals surface area contributed by atoms with Gasteiger partial charge in [0.2, 0.25) is 5.91 Å². The van der Waals surface area contributed by atoms with Crippen LogP contribution in [0.2, 0.25) is 0 Å². The molecule has 148 valence electrons. The number of carbonyl (C=O) groups excluding carboxylic acids is 2. The topological polar surface area (TPSA) is 82.3 Å². The van der Waals surface area contributed by atoms with E-state index in [9.17, 15) is 9.59 Å². The summed E-state index contributed by atoms with van der Waals surface area (Å²) < 4.78 is 0. The van der Waals surface area contributed by atoms with Crippen LogP contribution in [-0.2, 0) is 4.79 Å². The minimum absolute atomic E-state index is 0.0523. The molecule has 2 fully saturated rings. The van der Waals surface area contributed by atoms with Crippen molar-refractivity contribution >= 4 is 17.6 Å². The van der Waals surface area contributed by atoms with E-state index < -0.39 is 0 Å². The second-order valence-corrected chi connectivity index (χ2v) is 8.07. The van der Waals surface area contributed by atoms with Crippen LogP contribution in [0.5, 0.6) is 0 Å². The van der Waals surface area contributed by atoms with Crippen LogP contribution in [0.1, 0.15) is 57.6 Å². The summed E-state index contributed by atoms with van der Waals surface area (Å²) in [5, 5.41) is 12.3. The van der Waals surface area contributed by atoms with Gasteiger partial charge >= 0.3 is 6.03 Å². The van der Waals surface area contributed by atoms with Gasteiger partial charge in [0, 0.05) is 18.2 Å². The Morgan fingerprint density at radius 3 is 2.52 bits per heavy atom. The third kappa shape index (κ3) is 6.24. The molecule has 6 heteroatoms. The van der Waals surface area contributed by atoms with Gasteiger partial charge in [0.05, 0.1) is 6.04 Å². The highest BCUT2D eigenvalue weighted by Crippen LogP contribution is 2.23. The predicted octanol–water partition coefficient (Wildman–Crippen LogP) is 3.17. The molecular weight excluding hydrogens is 340 g/mol. The molecule has 3 unspecified atom stereocenters. The first-order valence-corrected chi connectivity index (χ1v) is 10.2. The molecule has 0 radical (unpaired) electrons. The van der Waals surface area contributed by atoms with Gasteiger partial charge in [-0.15, -0.1) is 0 Å². The van der Waals surface area contributed by atoms with Crippen LogP contribution in [0.15, 0.2) is 24.3 Å². The van der Waals surface area contributed by atoms with Crippen molar-refractivity contribution < 1.29 is 9.59 Å². The third-order valence-electron chi connectivity index (χ3n) is 5.61. The average Bonchev–Trinajstić information content (AvgIpc) is 3.46. The molecule has 1 saturated heterocycles. The zero-order chi connectivity index (χ0) is 19.2. The lowest BCUT2D eigenvalue weighted by Gasteiger charge is -2.28. The van der Waals surface area contributed by atoms with Gasteiger partial charge in [-0.25, -0.2) is 4.79 Å². The van der Waals surface area contributed by atoms with Crippen molar-refractivity contribution in [3.8, 4) is 0 Å². The smallest absolute Gasteiger partial charge is 0.319 e. The first-order valence-electron chi connectivity index (χ1n) is 10.2. The van der Waals surface area contributed by atoms with Crippen LogP contribution in [0, 0.1) is 11.8 Å². The Bertz CT molecular complexity index is 636. The Balaban J connectivity index is 1.44. The summed E-state index contributed by atoms with van der Waals surface area (Å²) in [6.07, 6.45) is 5.11.